The van der Waals surface area contributed by atoms with E-state index in [9.17, 15) is 14.9 Å². The van der Waals surface area contributed by atoms with Crippen LogP contribution in [0.15, 0.2) is 48.5 Å². The van der Waals surface area contributed by atoms with Crippen molar-refractivity contribution in [3.8, 4) is 0 Å². The zero-order chi connectivity index (χ0) is 18.9. The highest BCUT2D eigenvalue weighted by Crippen LogP contribution is 2.39. The largest absolute Gasteiger partial charge is 0.322 e. The first kappa shape index (κ1) is 18.5. The molecular weight excluding hydrogens is 348 g/mol. The van der Waals surface area contributed by atoms with E-state index < -0.39 is 4.92 Å². The zero-order valence-electron chi connectivity index (χ0n) is 15.1. The Morgan fingerprint density at radius 3 is 2.50 bits per heavy atom. The van der Waals surface area contributed by atoms with Crippen LogP contribution in [-0.2, 0) is 5.41 Å². The summed E-state index contributed by atoms with van der Waals surface area (Å²) in [5.74, 6) is 0.690. The Bertz CT molecular complexity index is 828. The smallest absolute Gasteiger partial charge is 0.270 e. The van der Waals surface area contributed by atoms with Crippen molar-refractivity contribution in [1.29, 1.82) is 0 Å². The molecule has 1 fully saturated rings. The fourth-order valence-corrected chi connectivity index (χ4v) is 4.28. The number of thioether (sulfide) groups is 1. The van der Waals surface area contributed by atoms with Crippen molar-refractivity contribution in [1.82, 2.24) is 4.90 Å². The molecule has 0 aliphatic carbocycles. The Labute approximate surface area is 157 Å². The van der Waals surface area contributed by atoms with Crippen molar-refractivity contribution in [2.75, 3.05) is 12.3 Å². The molecule has 1 aliphatic heterocycles. The van der Waals surface area contributed by atoms with Gasteiger partial charge in [-0.1, -0.05) is 51.1 Å². The Kier molecular flexibility index (Phi) is 5.05. The quantitative estimate of drug-likeness (QED) is 0.576. The molecule has 0 N–H and O–H groups in total. The number of rotatable bonds is 3. The van der Waals surface area contributed by atoms with E-state index in [0.717, 1.165) is 11.3 Å². The van der Waals surface area contributed by atoms with Gasteiger partial charge < -0.3 is 4.90 Å². The van der Waals surface area contributed by atoms with Crippen LogP contribution < -0.4 is 0 Å². The molecule has 0 unspecified atom stereocenters. The molecule has 1 aliphatic rings. The number of amides is 1. The molecule has 2 aromatic rings. The molecule has 5 nitrogen and oxygen atoms in total. The van der Waals surface area contributed by atoms with E-state index in [4.69, 9.17) is 0 Å². The summed E-state index contributed by atoms with van der Waals surface area (Å²) in [6.45, 7) is 7.15. The van der Waals surface area contributed by atoms with E-state index in [2.05, 4.69) is 45.0 Å². The SMILES string of the molecule is CC(C)(C)c1ccc([C@H]2SCCN2C(=O)c2cccc([N+](=O)[O-])c2)cc1. The second-order valence-electron chi connectivity index (χ2n) is 7.40. The molecule has 0 aromatic heterocycles. The monoisotopic (exact) mass is 370 g/mol. The first-order chi connectivity index (χ1) is 12.3. The molecule has 1 amide bonds. The first-order valence-corrected chi connectivity index (χ1v) is 9.60. The third kappa shape index (κ3) is 3.75. The van der Waals surface area contributed by atoms with Crippen molar-refractivity contribution in [3.05, 3.63) is 75.3 Å². The van der Waals surface area contributed by atoms with Gasteiger partial charge in [0.2, 0.25) is 0 Å². The highest BCUT2D eigenvalue weighted by atomic mass is 32.2. The zero-order valence-corrected chi connectivity index (χ0v) is 16.0. The summed E-state index contributed by atoms with van der Waals surface area (Å²) in [6.07, 6.45) is 0. The van der Waals surface area contributed by atoms with Crippen LogP contribution >= 0.6 is 11.8 Å². The summed E-state index contributed by atoms with van der Waals surface area (Å²) in [5.41, 5.74) is 2.71. The van der Waals surface area contributed by atoms with E-state index in [1.165, 1.54) is 17.7 Å². The van der Waals surface area contributed by atoms with Gasteiger partial charge in [0.05, 0.1) is 4.92 Å². The standard InChI is InChI=1S/C20H22N2O3S/c1-20(2,3)16-9-7-14(8-10-16)19-21(11-12-26-19)18(23)15-5-4-6-17(13-15)22(24)25/h4-10,13,19H,11-12H2,1-3H3/t19-/m1/s1. The third-order valence-corrected chi connectivity index (χ3v) is 5.78. The average Bonchev–Trinajstić information content (AvgIpc) is 3.10. The fraction of sp³-hybridized carbons (Fsp3) is 0.350. The number of benzene rings is 2. The lowest BCUT2D eigenvalue weighted by Crippen LogP contribution is -2.30. The number of nitrogens with zero attached hydrogens (tertiary/aromatic N) is 2. The Balaban J connectivity index is 1.85. The van der Waals surface area contributed by atoms with E-state index in [-0.39, 0.29) is 22.4 Å². The number of hydrogen-bond acceptors (Lipinski definition) is 4. The summed E-state index contributed by atoms with van der Waals surface area (Å²) in [5, 5.41) is 10.9. The van der Waals surface area contributed by atoms with Gasteiger partial charge in [0.15, 0.2) is 0 Å². The van der Waals surface area contributed by atoms with E-state index in [1.54, 1.807) is 28.8 Å². The molecule has 0 bridgehead atoms. The number of nitro benzene ring substituents is 1. The minimum atomic E-state index is -0.474. The van der Waals surface area contributed by atoms with Crippen LogP contribution in [0.5, 0.6) is 0 Å². The number of nitro groups is 1. The lowest BCUT2D eigenvalue weighted by atomic mass is 9.86. The maximum atomic E-state index is 12.9. The number of hydrogen-bond donors (Lipinski definition) is 0. The molecule has 0 spiro atoms. The third-order valence-electron chi connectivity index (χ3n) is 4.52. The maximum absolute atomic E-state index is 12.9. The van der Waals surface area contributed by atoms with Gasteiger partial charge in [-0.05, 0) is 22.6 Å². The fourth-order valence-electron chi connectivity index (χ4n) is 3.02. The topological polar surface area (TPSA) is 63.5 Å². The van der Waals surface area contributed by atoms with E-state index in [1.807, 2.05) is 0 Å². The molecular formula is C20H22N2O3S. The predicted molar refractivity (Wildman–Crippen MR) is 104 cm³/mol. The van der Waals surface area contributed by atoms with Gasteiger partial charge in [-0.3, -0.25) is 14.9 Å². The normalized spacial score (nSPS) is 17.3. The molecule has 2 aromatic carbocycles. The Hall–Kier alpha value is -2.34. The lowest BCUT2D eigenvalue weighted by molar-refractivity contribution is -0.384. The summed E-state index contributed by atoms with van der Waals surface area (Å²) in [7, 11) is 0. The van der Waals surface area contributed by atoms with Gasteiger partial charge in [-0.25, -0.2) is 0 Å². The van der Waals surface area contributed by atoms with Crippen molar-refractivity contribution in [2.24, 2.45) is 0 Å². The van der Waals surface area contributed by atoms with Gasteiger partial charge in [0, 0.05) is 30.0 Å². The Morgan fingerprint density at radius 2 is 1.88 bits per heavy atom. The Morgan fingerprint density at radius 1 is 1.19 bits per heavy atom. The maximum Gasteiger partial charge on any atom is 0.270 e. The van der Waals surface area contributed by atoms with Crippen molar-refractivity contribution in [3.63, 3.8) is 0 Å². The van der Waals surface area contributed by atoms with Gasteiger partial charge in [0.25, 0.3) is 11.6 Å². The molecule has 1 saturated heterocycles. The van der Waals surface area contributed by atoms with Gasteiger partial charge in [-0.15, -0.1) is 11.8 Å². The van der Waals surface area contributed by atoms with Gasteiger partial charge in [-0.2, -0.15) is 0 Å². The average molecular weight is 370 g/mol. The van der Waals surface area contributed by atoms with E-state index in [0.29, 0.717) is 12.1 Å². The lowest BCUT2D eigenvalue weighted by Gasteiger charge is -2.25. The molecule has 6 heteroatoms. The minimum Gasteiger partial charge on any atom is -0.322 e. The molecule has 0 saturated carbocycles. The highest BCUT2D eigenvalue weighted by Gasteiger charge is 2.32. The van der Waals surface area contributed by atoms with Crippen molar-refractivity contribution >= 4 is 23.4 Å². The molecule has 3 rings (SSSR count). The van der Waals surface area contributed by atoms with Crippen molar-refractivity contribution in [2.45, 2.75) is 31.6 Å². The van der Waals surface area contributed by atoms with Crippen molar-refractivity contribution < 1.29 is 9.72 Å². The number of carbonyl (C=O) groups is 1. The number of non-ortho nitro benzene ring substituents is 1. The highest BCUT2D eigenvalue weighted by molar-refractivity contribution is 7.99. The second-order valence-corrected chi connectivity index (χ2v) is 8.59. The van der Waals surface area contributed by atoms with Crippen LogP contribution in [-0.4, -0.2) is 28.0 Å². The van der Waals surface area contributed by atoms with Crippen LogP contribution in [0.25, 0.3) is 0 Å². The first-order valence-electron chi connectivity index (χ1n) is 8.55. The van der Waals surface area contributed by atoms with Gasteiger partial charge in [0.1, 0.15) is 5.37 Å². The van der Waals surface area contributed by atoms with E-state index >= 15 is 0 Å². The number of carbonyl (C=O) groups excluding carboxylic acids is 1. The summed E-state index contributed by atoms with van der Waals surface area (Å²) in [6, 6.07) is 14.3. The molecule has 1 atom stereocenters. The summed E-state index contributed by atoms with van der Waals surface area (Å²) in [4.78, 5) is 25.2. The van der Waals surface area contributed by atoms with Crippen LogP contribution in [0.4, 0.5) is 5.69 Å². The van der Waals surface area contributed by atoms with Crippen LogP contribution in [0.2, 0.25) is 0 Å². The molecule has 136 valence electrons. The van der Waals surface area contributed by atoms with Gasteiger partial charge >= 0.3 is 0 Å². The summed E-state index contributed by atoms with van der Waals surface area (Å²) >= 11 is 1.72. The molecule has 0 radical (unpaired) electrons. The summed E-state index contributed by atoms with van der Waals surface area (Å²) < 4.78 is 0. The second kappa shape index (κ2) is 7.11. The van der Waals surface area contributed by atoms with Crippen LogP contribution in [0.1, 0.15) is 47.6 Å². The minimum absolute atomic E-state index is 0.0595. The molecule has 1 heterocycles. The predicted octanol–water partition coefficient (Wildman–Crippen LogP) is 4.78. The van der Waals surface area contributed by atoms with Crippen LogP contribution in [0, 0.1) is 10.1 Å². The molecule has 26 heavy (non-hydrogen) atoms. The van der Waals surface area contributed by atoms with Crippen LogP contribution in [0.3, 0.4) is 0 Å².